The second kappa shape index (κ2) is 20.1. The summed E-state index contributed by atoms with van der Waals surface area (Å²) in [6.45, 7) is 0. The number of hydrogen-bond acceptors (Lipinski definition) is 12. The van der Waals surface area contributed by atoms with Crippen molar-refractivity contribution in [3.8, 4) is 17.2 Å². The Bertz CT molecular complexity index is 2750. The largest absolute Gasteiger partial charge is 0.507 e. The monoisotopic (exact) mass is 840 g/mol. The fourth-order valence-corrected chi connectivity index (χ4v) is 5.97. The zero-order valence-corrected chi connectivity index (χ0v) is 33.0. The molecule has 3 aromatic heterocycles. The number of fused-ring (bicyclic) bond motifs is 3. The lowest BCUT2D eigenvalue weighted by molar-refractivity contribution is 0.0944. The molecule has 9 aromatic rings. The lowest BCUT2D eigenvalue weighted by atomic mass is 10.1. The van der Waals surface area contributed by atoms with Gasteiger partial charge in [-0.1, -0.05) is 72.8 Å². The number of nitrogens with zero attached hydrogens (tertiary/aromatic N) is 3. The molecule has 0 spiro atoms. The van der Waals surface area contributed by atoms with Gasteiger partial charge in [0.15, 0.2) is 0 Å². The minimum Gasteiger partial charge on any atom is -0.507 e. The van der Waals surface area contributed by atoms with Gasteiger partial charge < -0.3 is 28.6 Å². The van der Waals surface area contributed by atoms with Crippen LogP contribution in [0.4, 0.5) is 0 Å². The third kappa shape index (κ3) is 11.1. The lowest BCUT2D eigenvalue weighted by Gasteiger charge is -2.05. The van der Waals surface area contributed by atoms with Crippen molar-refractivity contribution in [3.63, 3.8) is 0 Å². The highest BCUT2D eigenvalue weighted by Gasteiger charge is 2.14. The number of carbonyl (C=O) groups excluding carboxylic acids is 3. The summed E-state index contributed by atoms with van der Waals surface area (Å²) in [7, 11) is 0. The lowest BCUT2D eigenvalue weighted by Crippen LogP contribution is -2.17. The molecule has 0 aliphatic rings. The predicted octanol–water partition coefficient (Wildman–Crippen LogP) is 8.71. The van der Waals surface area contributed by atoms with Gasteiger partial charge in [0, 0.05) is 0 Å². The number of phenols is 3. The van der Waals surface area contributed by atoms with E-state index in [0.717, 1.165) is 32.3 Å². The molecule has 6 aromatic carbocycles. The first kappa shape index (κ1) is 41.9. The van der Waals surface area contributed by atoms with E-state index < -0.39 is 17.7 Å². The Kier molecular flexibility index (Phi) is 13.4. The molecule has 15 heteroatoms. The van der Waals surface area contributed by atoms with Crippen LogP contribution in [-0.2, 0) is 0 Å². The van der Waals surface area contributed by atoms with Crippen LogP contribution in [-0.4, -0.2) is 51.7 Å². The van der Waals surface area contributed by atoms with Crippen molar-refractivity contribution in [1.29, 1.82) is 0 Å². The number of rotatable bonds is 9. The molecule has 0 bridgehead atoms. The highest BCUT2D eigenvalue weighted by atomic mass is 16.3. The Morgan fingerprint density at radius 3 is 0.873 bits per heavy atom. The normalized spacial score (nSPS) is 11.0. The number of amides is 3. The Morgan fingerprint density at radius 1 is 0.381 bits per heavy atom. The summed E-state index contributed by atoms with van der Waals surface area (Å²) < 4.78 is 15.2. The van der Waals surface area contributed by atoms with Gasteiger partial charge in [-0.2, -0.15) is 15.3 Å². The maximum absolute atomic E-state index is 12.0. The van der Waals surface area contributed by atoms with Crippen molar-refractivity contribution in [1.82, 2.24) is 16.3 Å². The van der Waals surface area contributed by atoms with Crippen molar-refractivity contribution in [3.05, 3.63) is 198 Å². The fourth-order valence-electron chi connectivity index (χ4n) is 5.97. The number of hydrazone groups is 3. The van der Waals surface area contributed by atoms with Crippen LogP contribution in [0.25, 0.3) is 32.3 Å². The molecular formula is C48H36N6O9. The van der Waals surface area contributed by atoms with Crippen molar-refractivity contribution in [2.75, 3.05) is 0 Å². The number of hydrogen-bond donors (Lipinski definition) is 6. The van der Waals surface area contributed by atoms with Crippen LogP contribution in [0, 0.1) is 0 Å². The van der Waals surface area contributed by atoms with E-state index >= 15 is 0 Å². The van der Waals surface area contributed by atoms with E-state index in [1.165, 1.54) is 37.4 Å². The minimum atomic E-state index is -0.485. The second-order valence-corrected chi connectivity index (χ2v) is 13.3. The highest BCUT2D eigenvalue weighted by molar-refractivity contribution is 6.03. The van der Waals surface area contributed by atoms with E-state index in [1.807, 2.05) is 72.8 Å². The third-order valence-corrected chi connectivity index (χ3v) is 9.03. The molecular weight excluding hydrogens is 805 g/mol. The highest BCUT2D eigenvalue weighted by Crippen LogP contribution is 2.27. The number of aromatic hydroxyl groups is 3. The van der Waals surface area contributed by atoms with E-state index in [4.69, 9.17) is 13.3 Å². The molecule has 0 saturated heterocycles. The van der Waals surface area contributed by atoms with Crippen LogP contribution in [0.2, 0.25) is 0 Å². The first-order valence-corrected chi connectivity index (χ1v) is 19.0. The number of carbonyl (C=O) groups is 3. The number of nitrogens with one attached hydrogen (secondary N) is 3. The molecule has 0 fully saturated rings. The fraction of sp³-hybridized carbons (Fsp3) is 0. The van der Waals surface area contributed by atoms with Crippen LogP contribution in [0.1, 0.15) is 48.4 Å². The standard InChI is InChI=1S/3C16H12N2O3/c3*19-15-9-12-5-2-1-4-11(12)8-14(15)16(20)18-17-10-13-6-3-7-21-13/h3*1-10,19H,(H,18,20)/b3*17-10+. The SMILES string of the molecule is O=C(N/N=C/c1ccco1)c1cc2ccccc2cc1O.O=C(N/N=C/c1ccco1)c1cc2ccccc2cc1O.O=C(N/N=C/c1ccco1)c1cc2ccccc2cc1O. The molecule has 63 heavy (non-hydrogen) atoms. The molecule has 3 heterocycles. The maximum atomic E-state index is 12.0. The average Bonchev–Trinajstić information content (AvgIpc) is 4.12. The molecule has 9 rings (SSSR count). The minimum absolute atomic E-state index is 0.0839. The zero-order chi connectivity index (χ0) is 44.0. The van der Waals surface area contributed by atoms with Crippen LogP contribution in [0.15, 0.2) is 193 Å². The van der Waals surface area contributed by atoms with Crippen molar-refractivity contribution in [2.45, 2.75) is 0 Å². The van der Waals surface area contributed by atoms with E-state index in [9.17, 15) is 29.7 Å². The molecule has 3 amide bonds. The van der Waals surface area contributed by atoms with E-state index in [2.05, 4.69) is 31.6 Å². The summed E-state index contributed by atoms with van der Waals surface area (Å²) in [4.78, 5) is 36.1. The van der Waals surface area contributed by atoms with Gasteiger partial charge in [0.1, 0.15) is 34.5 Å². The summed E-state index contributed by atoms with van der Waals surface area (Å²) in [6.07, 6.45) is 8.69. The molecule has 0 aliphatic heterocycles. The van der Waals surface area contributed by atoms with E-state index in [-0.39, 0.29) is 33.9 Å². The van der Waals surface area contributed by atoms with Gasteiger partial charge in [0.2, 0.25) is 0 Å². The Balaban J connectivity index is 0.000000142. The number of benzene rings is 6. The molecule has 6 N–H and O–H groups in total. The van der Waals surface area contributed by atoms with E-state index in [1.54, 1.807) is 72.8 Å². The summed E-state index contributed by atoms with van der Waals surface area (Å²) in [5.41, 5.74) is 7.57. The number of phenolic OH excluding ortho intramolecular Hbond substituents is 3. The molecule has 15 nitrogen and oxygen atoms in total. The Hall–Kier alpha value is -9.24. The summed E-state index contributed by atoms with van der Waals surface area (Å²) in [5.74, 6) is -0.129. The Morgan fingerprint density at radius 2 is 0.635 bits per heavy atom. The second-order valence-electron chi connectivity index (χ2n) is 13.3. The van der Waals surface area contributed by atoms with Crippen LogP contribution in [0.5, 0.6) is 17.2 Å². The van der Waals surface area contributed by atoms with Gasteiger partial charge in [-0.05, 0) is 105 Å². The predicted molar refractivity (Wildman–Crippen MR) is 238 cm³/mol. The van der Waals surface area contributed by atoms with Gasteiger partial charge in [0.25, 0.3) is 17.7 Å². The van der Waals surface area contributed by atoms with Crippen molar-refractivity contribution < 1.29 is 43.0 Å². The average molecular weight is 841 g/mol. The summed E-state index contributed by atoms with van der Waals surface area (Å²) in [6, 6.07) is 42.3. The molecule has 0 saturated carbocycles. The van der Waals surface area contributed by atoms with Crippen LogP contribution >= 0.6 is 0 Å². The van der Waals surface area contributed by atoms with Gasteiger partial charge in [-0.15, -0.1) is 0 Å². The maximum Gasteiger partial charge on any atom is 0.275 e. The smallest absolute Gasteiger partial charge is 0.275 e. The molecule has 0 atom stereocenters. The van der Waals surface area contributed by atoms with Gasteiger partial charge in [-0.25, -0.2) is 16.3 Å². The molecule has 312 valence electrons. The van der Waals surface area contributed by atoms with Crippen molar-refractivity contribution >= 4 is 68.7 Å². The third-order valence-electron chi connectivity index (χ3n) is 9.03. The molecule has 0 unspecified atom stereocenters. The zero-order valence-electron chi connectivity index (χ0n) is 33.0. The first-order valence-electron chi connectivity index (χ1n) is 19.0. The first-order chi connectivity index (χ1) is 30.7. The van der Waals surface area contributed by atoms with Gasteiger partial charge >= 0.3 is 0 Å². The topological polar surface area (TPSA) is 224 Å². The molecule has 0 radical (unpaired) electrons. The quantitative estimate of drug-likeness (QED) is 0.0603. The van der Waals surface area contributed by atoms with Crippen molar-refractivity contribution in [2.24, 2.45) is 15.3 Å². The summed E-state index contributed by atoms with van der Waals surface area (Å²) >= 11 is 0. The van der Waals surface area contributed by atoms with Gasteiger partial charge in [-0.3, -0.25) is 14.4 Å². The molecule has 0 aliphatic carbocycles. The number of furan rings is 3. The van der Waals surface area contributed by atoms with Gasteiger partial charge in [0.05, 0.1) is 54.1 Å². The Labute approximate surface area is 357 Å². The van der Waals surface area contributed by atoms with E-state index in [0.29, 0.717) is 17.3 Å². The van der Waals surface area contributed by atoms with Crippen LogP contribution in [0.3, 0.4) is 0 Å². The van der Waals surface area contributed by atoms with Crippen LogP contribution < -0.4 is 16.3 Å². The summed E-state index contributed by atoms with van der Waals surface area (Å²) in [5, 5.41) is 46.4.